The predicted molar refractivity (Wildman–Crippen MR) is 150 cm³/mol. The molecule has 1 unspecified atom stereocenters. The van der Waals surface area contributed by atoms with E-state index in [1.54, 1.807) is 19.2 Å². The highest BCUT2D eigenvalue weighted by Gasteiger charge is 2.29. The molecule has 13 heteroatoms. The van der Waals surface area contributed by atoms with Crippen LogP contribution in [0, 0.1) is 16.0 Å². The van der Waals surface area contributed by atoms with Gasteiger partial charge in [-0.25, -0.2) is 4.79 Å². The van der Waals surface area contributed by atoms with Gasteiger partial charge < -0.3 is 9.47 Å². The first-order chi connectivity index (χ1) is 19.4. The molecule has 0 fully saturated rings. The fourth-order valence-corrected chi connectivity index (χ4v) is 3.69. The smallest absolute Gasteiger partial charge is 0.328 e. The summed E-state index contributed by atoms with van der Waals surface area (Å²) in [7, 11) is 0. The third-order valence-corrected chi connectivity index (χ3v) is 5.87. The highest BCUT2D eigenvalue weighted by Crippen LogP contribution is 2.29. The molecule has 0 spiro atoms. The van der Waals surface area contributed by atoms with E-state index in [4.69, 9.17) is 9.47 Å². The zero-order chi connectivity index (χ0) is 30.8. The van der Waals surface area contributed by atoms with Crippen LogP contribution in [0.15, 0.2) is 40.2 Å². The number of aliphatic imine (C=N–C) groups is 1. The molecular formula is C28H40N4O9. The van der Waals surface area contributed by atoms with E-state index in [2.05, 4.69) is 4.99 Å². The number of nitro groups is 1. The van der Waals surface area contributed by atoms with E-state index in [1.165, 1.54) is 6.08 Å². The van der Waals surface area contributed by atoms with E-state index in [1.807, 2.05) is 31.4 Å². The summed E-state index contributed by atoms with van der Waals surface area (Å²) >= 11 is 0. The molecule has 1 aliphatic rings. The Morgan fingerprint density at radius 3 is 1.98 bits per heavy atom. The number of allylic oxidation sites excluding steroid dienone is 4. The normalized spacial score (nSPS) is 14.3. The van der Waals surface area contributed by atoms with Crippen molar-refractivity contribution in [3.63, 3.8) is 0 Å². The monoisotopic (exact) mass is 576 g/mol. The third kappa shape index (κ3) is 15.9. The number of hydrogen-bond donors (Lipinski definition) is 2. The van der Waals surface area contributed by atoms with Crippen LogP contribution < -0.4 is 10.6 Å². The molecule has 0 aliphatic heterocycles. The van der Waals surface area contributed by atoms with Gasteiger partial charge >= 0.3 is 18.0 Å². The van der Waals surface area contributed by atoms with Crippen molar-refractivity contribution < 1.29 is 38.4 Å². The zero-order valence-corrected chi connectivity index (χ0v) is 24.2. The van der Waals surface area contributed by atoms with Gasteiger partial charge in [0.2, 0.25) is 11.8 Å². The molecule has 1 atom stereocenters. The lowest BCUT2D eigenvalue weighted by atomic mass is 9.98. The minimum Gasteiger partial charge on any atom is -0.466 e. The van der Waals surface area contributed by atoms with Crippen LogP contribution in [0.1, 0.15) is 85.5 Å². The number of hydrogen-bond acceptors (Lipinski definition) is 10. The number of carbonyl (C=O) groups excluding carboxylic acids is 5. The number of rotatable bonds is 17. The van der Waals surface area contributed by atoms with Crippen LogP contribution in [0.4, 0.5) is 4.79 Å². The standard InChI is InChI=1S/C28H40N4O9/c1-19(2)18-29-21(4)8-7-16-40-26(35)11-5-9-24(33)30-28(37)31-25(34)10-6-12-27(36)41-17-15-22-20(3)13-14-23(22)32(38)39/h13-14,18,22H,5-12,15-17H2,1-4H3,(H2,30,31,33,34,37)/b29-21-. The molecule has 0 saturated heterocycles. The molecule has 0 saturated carbocycles. The molecule has 1 aliphatic carbocycles. The fourth-order valence-electron chi connectivity index (χ4n) is 3.69. The summed E-state index contributed by atoms with van der Waals surface area (Å²) in [6, 6.07) is -0.995. The SMILES string of the molecule is CC(C)=C/N=C(/C)CCCOC(=O)CCCC(=O)NC(=O)NC(=O)CCCC(=O)OCCC1C(C)=CC=C1[N+](=O)[O-]. The molecule has 0 aromatic heterocycles. The molecule has 41 heavy (non-hydrogen) atoms. The molecule has 2 N–H and O–H groups in total. The van der Waals surface area contributed by atoms with Crippen LogP contribution in [0.3, 0.4) is 0 Å². The number of nitrogens with zero attached hydrogens (tertiary/aromatic N) is 2. The van der Waals surface area contributed by atoms with Crippen LogP contribution in [-0.2, 0) is 28.7 Å². The minimum atomic E-state index is -0.995. The number of urea groups is 1. The summed E-state index contributed by atoms with van der Waals surface area (Å²) < 4.78 is 10.2. The van der Waals surface area contributed by atoms with Gasteiger partial charge in [-0.3, -0.25) is 44.9 Å². The summed E-state index contributed by atoms with van der Waals surface area (Å²) in [5.74, 6) is -2.75. The first-order valence-corrected chi connectivity index (χ1v) is 13.5. The van der Waals surface area contributed by atoms with E-state index >= 15 is 0 Å². The van der Waals surface area contributed by atoms with Gasteiger partial charge in [0, 0.05) is 43.7 Å². The van der Waals surface area contributed by atoms with Crippen LogP contribution >= 0.6 is 0 Å². The average Bonchev–Trinajstić information content (AvgIpc) is 3.25. The summed E-state index contributed by atoms with van der Waals surface area (Å²) in [6.45, 7) is 7.82. The Morgan fingerprint density at radius 1 is 0.878 bits per heavy atom. The van der Waals surface area contributed by atoms with Crippen molar-refractivity contribution in [2.45, 2.75) is 85.5 Å². The predicted octanol–water partition coefficient (Wildman–Crippen LogP) is 4.06. The maximum Gasteiger partial charge on any atom is 0.328 e. The lowest BCUT2D eigenvalue weighted by molar-refractivity contribution is -0.432. The Hall–Kier alpha value is -4.16. The number of ether oxygens (including phenoxy) is 2. The minimum absolute atomic E-state index is 0.000194. The van der Waals surface area contributed by atoms with Crippen molar-refractivity contribution in [3.8, 4) is 0 Å². The molecule has 0 aromatic rings. The second kappa shape index (κ2) is 19.0. The maximum atomic E-state index is 11.9. The van der Waals surface area contributed by atoms with Gasteiger partial charge in [-0.1, -0.05) is 17.2 Å². The number of imide groups is 2. The molecule has 0 heterocycles. The van der Waals surface area contributed by atoms with Crippen molar-refractivity contribution >= 4 is 35.5 Å². The number of esters is 2. The van der Waals surface area contributed by atoms with Gasteiger partial charge in [0.25, 0.3) is 5.70 Å². The molecule has 0 bridgehead atoms. The van der Waals surface area contributed by atoms with Crippen molar-refractivity contribution in [1.82, 2.24) is 10.6 Å². The maximum absolute atomic E-state index is 11.9. The number of nitrogens with one attached hydrogen (secondary N) is 2. The fraction of sp³-hybridized carbons (Fsp3) is 0.571. The average molecular weight is 577 g/mol. The molecular weight excluding hydrogens is 536 g/mol. The summed E-state index contributed by atoms with van der Waals surface area (Å²) in [6.07, 6.45) is 6.46. The van der Waals surface area contributed by atoms with Crippen LogP contribution in [0.2, 0.25) is 0 Å². The van der Waals surface area contributed by atoms with Crippen LogP contribution in [0.25, 0.3) is 0 Å². The molecule has 13 nitrogen and oxygen atoms in total. The van der Waals surface area contributed by atoms with Gasteiger partial charge in [-0.2, -0.15) is 0 Å². The summed E-state index contributed by atoms with van der Waals surface area (Å²) in [5, 5.41) is 15.0. The Morgan fingerprint density at radius 2 is 1.44 bits per heavy atom. The molecule has 4 amide bonds. The second-order valence-electron chi connectivity index (χ2n) is 9.85. The molecule has 0 radical (unpaired) electrons. The molecule has 226 valence electrons. The Labute approximate surface area is 239 Å². The second-order valence-corrected chi connectivity index (χ2v) is 9.85. The van der Waals surface area contributed by atoms with Gasteiger partial charge in [0.15, 0.2) is 0 Å². The number of carbonyl (C=O) groups is 5. The third-order valence-electron chi connectivity index (χ3n) is 5.87. The van der Waals surface area contributed by atoms with Crippen LogP contribution in [0.5, 0.6) is 0 Å². The van der Waals surface area contributed by atoms with Crippen molar-refractivity contribution in [2.24, 2.45) is 10.9 Å². The topological polar surface area (TPSA) is 183 Å². The lowest BCUT2D eigenvalue weighted by Gasteiger charge is -2.11. The zero-order valence-electron chi connectivity index (χ0n) is 24.2. The van der Waals surface area contributed by atoms with E-state index in [9.17, 15) is 34.1 Å². The first kappa shape index (κ1) is 34.9. The first-order valence-electron chi connectivity index (χ1n) is 13.5. The molecule has 0 aromatic carbocycles. The highest BCUT2D eigenvalue weighted by molar-refractivity contribution is 6.02. The van der Waals surface area contributed by atoms with Crippen molar-refractivity contribution in [2.75, 3.05) is 13.2 Å². The van der Waals surface area contributed by atoms with E-state index < -0.39 is 40.6 Å². The quantitative estimate of drug-likeness (QED) is 0.0847. The Kier molecular flexibility index (Phi) is 16.2. The van der Waals surface area contributed by atoms with Gasteiger partial charge in [0.05, 0.1) is 24.1 Å². The Bertz CT molecular complexity index is 1100. The Balaban J connectivity index is 2.12. The molecule has 1 rings (SSSR count). The van der Waals surface area contributed by atoms with Gasteiger partial charge in [-0.15, -0.1) is 0 Å². The summed E-state index contributed by atoms with van der Waals surface area (Å²) in [5.41, 5.74) is 2.91. The van der Waals surface area contributed by atoms with Gasteiger partial charge in [-0.05, 0) is 59.8 Å². The van der Waals surface area contributed by atoms with E-state index in [0.29, 0.717) is 12.8 Å². The van der Waals surface area contributed by atoms with Gasteiger partial charge in [0.1, 0.15) is 0 Å². The van der Waals surface area contributed by atoms with Crippen molar-refractivity contribution in [3.05, 3.63) is 45.3 Å². The van der Waals surface area contributed by atoms with E-state index in [0.717, 1.165) is 16.9 Å². The largest absolute Gasteiger partial charge is 0.466 e. The van der Waals surface area contributed by atoms with Crippen LogP contribution in [-0.4, -0.2) is 53.6 Å². The number of amides is 4. The van der Waals surface area contributed by atoms with Crippen molar-refractivity contribution in [1.29, 1.82) is 0 Å². The van der Waals surface area contributed by atoms with E-state index in [-0.39, 0.29) is 63.9 Å². The lowest BCUT2D eigenvalue weighted by Crippen LogP contribution is -2.42. The summed E-state index contributed by atoms with van der Waals surface area (Å²) in [4.78, 5) is 74.1. The highest BCUT2D eigenvalue weighted by atomic mass is 16.6.